The average molecular weight is 366 g/mol. The molecule has 0 aliphatic carbocycles. The van der Waals surface area contributed by atoms with E-state index in [2.05, 4.69) is 9.88 Å². The molecule has 7 nitrogen and oxygen atoms in total. The Bertz CT molecular complexity index is 1010. The number of carboxylic acid groups (broad SMARTS) is 1. The van der Waals surface area contributed by atoms with Gasteiger partial charge in [0.05, 0.1) is 17.0 Å². The molecule has 4 rings (SSSR count). The molecule has 140 valence electrons. The van der Waals surface area contributed by atoms with Crippen molar-refractivity contribution in [3.63, 3.8) is 0 Å². The first kappa shape index (κ1) is 17.5. The van der Waals surface area contributed by atoms with Crippen LogP contribution in [0.2, 0.25) is 0 Å². The monoisotopic (exact) mass is 366 g/mol. The van der Waals surface area contributed by atoms with Crippen molar-refractivity contribution in [2.45, 2.75) is 25.7 Å². The highest BCUT2D eigenvalue weighted by Crippen LogP contribution is 2.25. The first-order valence-electron chi connectivity index (χ1n) is 9.27. The highest BCUT2D eigenvalue weighted by molar-refractivity contribution is 5.87. The fourth-order valence-electron chi connectivity index (χ4n) is 3.72. The Labute approximate surface area is 156 Å². The van der Waals surface area contributed by atoms with E-state index in [1.54, 1.807) is 30.6 Å². The van der Waals surface area contributed by atoms with Crippen molar-refractivity contribution in [1.82, 2.24) is 19.3 Å². The van der Waals surface area contributed by atoms with E-state index in [0.717, 1.165) is 49.4 Å². The minimum atomic E-state index is -0.959. The second-order valence-electron chi connectivity index (χ2n) is 6.95. The van der Waals surface area contributed by atoms with Gasteiger partial charge in [0.25, 0.3) is 0 Å². The second-order valence-corrected chi connectivity index (χ2v) is 6.95. The van der Waals surface area contributed by atoms with Crippen molar-refractivity contribution >= 4 is 11.6 Å². The molecule has 0 saturated carbocycles. The summed E-state index contributed by atoms with van der Waals surface area (Å²) in [5, 5.41) is 9.33. The van der Waals surface area contributed by atoms with Gasteiger partial charge in [0.1, 0.15) is 5.65 Å². The van der Waals surface area contributed by atoms with Crippen molar-refractivity contribution in [3.8, 4) is 11.3 Å². The highest BCUT2D eigenvalue weighted by Gasteiger charge is 2.17. The summed E-state index contributed by atoms with van der Waals surface area (Å²) in [5.74, 6) is -0.959. The Kier molecular flexibility index (Phi) is 4.77. The van der Waals surface area contributed by atoms with Crippen LogP contribution in [0.5, 0.6) is 0 Å². The Balaban J connectivity index is 1.71. The molecule has 0 radical (unpaired) electrons. The van der Waals surface area contributed by atoms with E-state index in [-0.39, 0.29) is 11.1 Å². The van der Waals surface area contributed by atoms with Crippen molar-refractivity contribution < 1.29 is 9.90 Å². The maximum atomic E-state index is 11.4. The summed E-state index contributed by atoms with van der Waals surface area (Å²) in [7, 11) is 0. The molecule has 0 atom stereocenters. The number of aryl methyl sites for hydroxylation is 1. The summed E-state index contributed by atoms with van der Waals surface area (Å²) in [6.45, 7) is 3.34. The quantitative estimate of drug-likeness (QED) is 0.699. The van der Waals surface area contributed by atoms with E-state index in [4.69, 9.17) is 4.98 Å². The van der Waals surface area contributed by atoms with Gasteiger partial charge in [-0.2, -0.15) is 0 Å². The van der Waals surface area contributed by atoms with Crippen LogP contribution in [0.1, 0.15) is 35.3 Å². The topological polar surface area (TPSA) is 90.7 Å². The number of nitrogens with zero attached hydrogens (tertiary/aromatic N) is 3. The molecule has 4 heterocycles. The Morgan fingerprint density at radius 2 is 2.00 bits per heavy atom. The van der Waals surface area contributed by atoms with Crippen molar-refractivity contribution in [1.29, 1.82) is 0 Å². The van der Waals surface area contributed by atoms with Crippen LogP contribution in [0.4, 0.5) is 0 Å². The molecule has 0 bridgehead atoms. The van der Waals surface area contributed by atoms with Crippen molar-refractivity contribution in [2.75, 3.05) is 19.6 Å². The van der Waals surface area contributed by atoms with Gasteiger partial charge in [-0.3, -0.25) is 4.79 Å². The number of imidazole rings is 1. The van der Waals surface area contributed by atoms with Crippen LogP contribution in [0.25, 0.3) is 16.9 Å². The number of hydrogen-bond acceptors (Lipinski definition) is 4. The van der Waals surface area contributed by atoms with Crippen LogP contribution in [-0.4, -0.2) is 50.0 Å². The molecule has 1 saturated heterocycles. The van der Waals surface area contributed by atoms with Gasteiger partial charge in [-0.05, 0) is 63.5 Å². The third kappa shape index (κ3) is 3.64. The average Bonchev–Trinajstić information content (AvgIpc) is 3.30. The molecule has 1 aliphatic heterocycles. The third-order valence-electron chi connectivity index (χ3n) is 5.11. The summed E-state index contributed by atoms with van der Waals surface area (Å²) in [6, 6.07) is 6.52. The summed E-state index contributed by atoms with van der Waals surface area (Å²) in [4.78, 5) is 32.6. The molecular weight excluding hydrogens is 344 g/mol. The number of aromatic nitrogens is 3. The molecule has 0 aromatic carbocycles. The normalized spacial score (nSPS) is 14.8. The number of nitrogens with one attached hydrogen (secondary N) is 1. The van der Waals surface area contributed by atoms with Gasteiger partial charge in [-0.1, -0.05) is 0 Å². The lowest BCUT2D eigenvalue weighted by molar-refractivity contribution is 0.0696. The van der Waals surface area contributed by atoms with Crippen molar-refractivity contribution in [2.24, 2.45) is 0 Å². The van der Waals surface area contributed by atoms with Gasteiger partial charge < -0.3 is 19.4 Å². The molecule has 3 aromatic heterocycles. The predicted molar refractivity (Wildman–Crippen MR) is 102 cm³/mol. The van der Waals surface area contributed by atoms with Crippen LogP contribution in [0.3, 0.4) is 0 Å². The SMILES string of the molecule is O=C(O)c1ccc2nc(-c3ccc(=O)[nH]c3)c(CCCN3CCCC3)n2c1. The largest absolute Gasteiger partial charge is 0.478 e. The first-order valence-corrected chi connectivity index (χ1v) is 9.27. The number of hydrogen-bond donors (Lipinski definition) is 2. The third-order valence-corrected chi connectivity index (χ3v) is 5.11. The summed E-state index contributed by atoms with van der Waals surface area (Å²) >= 11 is 0. The van der Waals surface area contributed by atoms with Gasteiger partial charge in [0, 0.05) is 24.0 Å². The number of carboxylic acids is 1. The summed E-state index contributed by atoms with van der Waals surface area (Å²) in [5.41, 5.74) is 3.36. The standard InChI is InChI=1S/C20H22N4O3/c25-18-8-6-14(12-21-18)19-16(4-3-11-23-9-1-2-10-23)24-13-15(20(26)27)5-7-17(24)22-19/h5-8,12-13H,1-4,9-11H2,(H,21,25)(H,26,27). The minimum absolute atomic E-state index is 0.161. The number of aromatic carboxylic acids is 1. The second kappa shape index (κ2) is 7.36. The van der Waals surface area contributed by atoms with Gasteiger partial charge in [-0.15, -0.1) is 0 Å². The van der Waals surface area contributed by atoms with Crippen LogP contribution >= 0.6 is 0 Å². The van der Waals surface area contributed by atoms with Crippen molar-refractivity contribution in [3.05, 3.63) is 58.3 Å². The molecule has 2 N–H and O–H groups in total. The molecule has 27 heavy (non-hydrogen) atoms. The lowest BCUT2D eigenvalue weighted by Crippen LogP contribution is -2.21. The Morgan fingerprint density at radius 3 is 2.70 bits per heavy atom. The molecular formula is C20H22N4O3. The zero-order valence-corrected chi connectivity index (χ0v) is 15.0. The minimum Gasteiger partial charge on any atom is -0.478 e. The Morgan fingerprint density at radius 1 is 1.19 bits per heavy atom. The zero-order valence-electron chi connectivity index (χ0n) is 15.0. The fraction of sp³-hybridized carbons (Fsp3) is 0.350. The van der Waals surface area contributed by atoms with Gasteiger partial charge in [0.2, 0.25) is 5.56 Å². The van der Waals surface area contributed by atoms with Gasteiger partial charge in [-0.25, -0.2) is 9.78 Å². The number of carbonyl (C=O) groups is 1. The number of pyridine rings is 2. The smallest absolute Gasteiger partial charge is 0.337 e. The van der Waals surface area contributed by atoms with E-state index in [1.807, 2.05) is 4.40 Å². The molecule has 1 aliphatic rings. The van der Waals surface area contributed by atoms with E-state index in [1.165, 1.54) is 18.9 Å². The summed E-state index contributed by atoms with van der Waals surface area (Å²) < 4.78 is 1.87. The lowest BCUT2D eigenvalue weighted by atomic mass is 10.1. The Hall–Kier alpha value is -2.93. The number of aromatic amines is 1. The number of fused-ring (bicyclic) bond motifs is 1. The molecule has 7 heteroatoms. The number of rotatable bonds is 6. The molecule has 0 amide bonds. The van der Waals surface area contributed by atoms with E-state index in [0.29, 0.717) is 5.65 Å². The maximum Gasteiger partial charge on any atom is 0.337 e. The molecule has 0 spiro atoms. The highest BCUT2D eigenvalue weighted by atomic mass is 16.4. The van der Waals surface area contributed by atoms with E-state index in [9.17, 15) is 14.7 Å². The van der Waals surface area contributed by atoms with Gasteiger partial charge >= 0.3 is 5.97 Å². The maximum absolute atomic E-state index is 11.4. The predicted octanol–water partition coefficient (Wildman–Crippen LogP) is 2.42. The molecule has 3 aromatic rings. The number of likely N-dealkylation sites (tertiary alicyclic amines) is 1. The molecule has 0 unspecified atom stereocenters. The zero-order chi connectivity index (χ0) is 18.8. The lowest BCUT2D eigenvalue weighted by Gasteiger charge is -2.14. The van der Waals surface area contributed by atoms with E-state index >= 15 is 0 Å². The molecule has 1 fully saturated rings. The summed E-state index contributed by atoms with van der Waals surface area (Å²) in [6.07, 6.45) is 7.58. The van der Waals surface area contributed by atoms with Crippen LogP contribution in [-0.2, 0) is 6.42 Å². The van der Waals surface area contributed by atoms with Crippen LogP contribution in [0, 0.1) is 0 Å². The van der Waals surface area contributed by atoms with Gasteiger partial charge in [0.15, 0.2) is 0 Å². The first-order chi connectivity index (χ1) is 13.1. The van der Waals surface area contributed by atoms with Crippen LogP contribution in [0.15, 0.2) is 41.5 Å². The van der Waals surface area contributed by atoms with E-state index < -0.39 is 5.97 Å². The number of H-pyrrole nitrogens is 1. The fourth-order valence-corrected chi connectivity index (χ4v) is 3.72. The van der Waals surface area contributed by atoms with Crippen LogP contribution < -0.4 is 5.56 Å².